The molecule has 0 unspecified atom stereocenters. The lowest BCUT2D eigenvalue weighted by molar-refractivity contribution is -0.122. The van der Waals surface area contributed by atoms with Crippen molar-refractivity contribution in [2.45, 2.75) is 51.0 Å². The minimum Gasteiger partial charge on any atom is -0.409 e. The molecular weight excluding hydrogens is 266 g/mol. The van der Waals surface area contributed by atoms with E-state index >= 15 is 0 Å². The summed E-state index contributed by atoms with van der Waals surface area (Å²) in [4.78, 5) is 12.2. The van der Waals surface area contributed by atoms with E-state index in [-0.39, 0.29) is 11.7 Å². The molecule has 21 heavy (non-hydrogen) atoms. The highest BCUT2D eigenvalue weighted by molar-refractivity contribution is 5.94. The average molecular weight is 289 g/mol. The van der Waals surface area contributed by atoms with E-state index < -0.39 is 5.54 Å². The second-order valence-corrected chi connectivity index (χ2v) is 5.81. The fraction of sp³-hybridized carbons (Fsp3) is 0.500. The number of oxime groups is 1. The molecule has 0 spiro atoms. The number of aryl methyl sites for hydroxylation is 2. The van der Waals surface area contributed by atoms with Gasteiger partial charge >= 0.3 is 0 Å². The van der Waals surface area contributed by atoms with Crippen molar-refractivity contribution in [2.24, 2.45) is 10.9 Å². The second kappa shape index (κ2) is 6.61. The Labute approximate surface area is 125 Å². The second-order valence-electron chi connectivity index (χ2n) is 5.81. The molecule has 1 saturated carbocycles. The zero-order valence-corrected chi connectivity index (χ0v) is 12.4. The number of carbonyl (C=O) groups is 1. The van der Waals surface area contributed by atoms with Crippen molar-refractivity contribution in [3.8, 4) is 0 Å². The molecule has 1 fully saturated rings. The van der Waals surface area contributed by atoms with Gasteiger partial charge < -0.3 is 16.3 Å². The molecule has 5 nitrogen and oxygen atoms in total. The Balaban J connectivity index is 1.94. The van der Waals surface area contributed by atoms with Crippen LogP contribution in [0, 0.1) is 6.92 Å². The molecule has 4 N–H and O–H groups in total. The fourth-order valence-electron chi connectivity index (χ4n) is 2.97. The van der Waals surface area contributed by atoms with Gasteiger partial charge in [0.15, 0.2) is 5.84 Å². The summed E-state index contributed by atoms with van der Waals surface area (Å²) in [6, 6.07) is 8.14. The highest BCUT2D eigenvalue weighted by Crippen LogP contribution is 2.30. The molecule has 0 bridgehead atoms. The number of rotatable bonds is 5. The van der Waals surface area contributed by atoms with E-state index in [1.807, 2.05) is 25.1 Å². The molecule has 2 rings (SSSR count). The average Bonchev–Trinajstić information content (AvgIpc) is 2.94. The van der Waals surface area contributed by atoms with E-state index in [2.05, 4.69) is 16.5 Å². The van der Waals surface area contributed by atoms with Gasteiger partial charge in [0.1, 0.15) is 5.54 Å². The number of amides is 1. The summed E-state index contributed by atoms with van der Waals surface area (Å²) < 4.78 is 0. The third-order valence-electron chi connectivity index (χ3n) is 4.16. The molecule has 0 aromatic heterocycles. The van der Waals surface area contributed by atoms with Gasteiger partial charge in [-0.15, -0.1) is 0 Å². The Morgan fingerprint density at radius 2 is 2.14 bits per heavy atom. The molecule has 0 saturated heterocycles. The van der Waals surface area contributed by atoms with Gasteiger partial charge in [-0.05, 0) is 31.7 Å². The van der Waals surface area contributed by atoms with Gasteiger partial charge in [-0.1, -0.05) is 47.8 Å². The molecule has 0 aliphatic heterocycles. The Morgan fingerprint density at radius 3 is 2.76 bits per heavy atom. The largest absolute Gasteiger partial charge is 0.409 e. The van der Waals surface area contributed by atoms with E-state index in [1.54, 1.807) is 0 Å². The first kappa shape index (κ1) is 15.4. The van der Waals surface area contributed by atoms with Crippen LogP contribution in [0.3, 0.4) is 0 Å². The summed E-state index contributed by atoms with van der Waals surface area (Å²) in [5.41, 5.74) is 7.46. The van der Waals surface area contributed by atoms with E-state index in [0.717, 1.165) is 31.2 Å². The van der Waals surface area contributed by atoms with Crippen LogP contribution in [-0.2, 0) is 11.2 Å². The van der Waals surface area contributed by atoms with E-state index in [9.17, 15) is 4.79 Å². The standard InChI is InChI=1S/C16H23N3O2/c1-12-5-4-6-13(11-12)7-8-14(20)18-16(15(17)19-21)9-2-3-10-16/h4-6,11,21H,2-3,7-10H2,1H3,(H2,17,19)(H,18,20). The molecule has 1 aromatic rings. The normalized spacial score (nSPS) is 17.7. The monoisotopic (exact) mass is 289 g/mol. The van der Waals surface area contributed by atoms with Gasteiger partial charge in [0.05, 0.1) is 0 Å². The van der Waals surface area contributed by atoms with Crippen LogP contribution in [0.4, 0.5) is 0 Å². The molecule has 0 atom stereocenters. The minimum atomic E-state index is -0.654. The number of nitrogens with two attached hydrogens (primary N) is 1. The summed E-state index contributed by atoms with van der Waals surface area (Å²) in [5.74, 6) is 0.0638. The van der Waals surface area contributed by atoms with Crippen molar-refractivity contribution in [2.75, 3.05) is 0 Å². The molecular formula is C16H23N3O2. The van der Waals surface area contributed by atoms with Gasteiger partial charge in [-0.3, -0.25) is 4.79 Å². The molecule has 114 valence electrons. The number of nitrogens with zero attached hydrogens (tertiary/aromatic N) is 1. The first-order valence-electron chi connectivity index (χ1n) is 7.40. The van der Waals surface area contributed by atoms with Gasteiger partial charge in [0.2, 0.25) is 5.91 Å². The Hall–Kier alpha value is -2.04. The summed E-state index contributed by atoms with van der Waals surface area (Å²) in [7, 11) is 0. The van der Waals surface area contributed by atoms with Crippen LogP contribution < -0.4 is 11.1 Å². The molecule has 1 aliphatic carbocycles. The Kier molecular flexibility index (Phi) is 4.83. The maximum absolute atomic E-state index is 12.2. The topological polar surface area (TPSA) is 87.7 Å². The van der Waals surface area contributed by atoms with Crippen LogP contribution in [-0.4, -0.2) is 22.5 Å². The summed E-state index contributed by atoms with van der Waals surface area (Å²) >= 11 is 0. The van der Waals surface area contributed by atoms with Crippen molar-refractivity contribution in [3.05, 3.63) is 35.4 Å². The maximum Gasteiger partial charge on any atom is 0.221 e. The number of carbonyl (C=O) groups excluding carboxylic acids is 1. The Morgan fingerprint density at radius 1 is 1.43 bits per heavy atom. The van der Waals surface area contributed by atoms with Crippen molar-refractivity contribution >= 4 is 11.7 Å². The predicted molar refractivity (Wildman–Crippen MR) is 82.3 cm³/mol. The molecule has 5 heteroatoms. The number of nitrogens with one attached hydrogen (secondary N) is 1. The number of amidine groups is 1. The van der Waals surface area contributed by atoms with Gasteiger partial charge in [0, 0.05) is 6.42 Å². The zero-order valence-electron chi connectivity index (χ0n) is 12.4. The van der Waals surface area contributed by atoms with Gasteiger partial charge in [-0.2, -0.15) is 0 Å². The van der Waals surface area contributed by atoms with Crippen molar-refractivity contribution in [1.29, 1.82) is 0 Å². The van der Waals surface area contributed by atoms with Crippen LogP contribution in [0.2, 0.25) is 0 Å². The van der Waals surface area contributed by atoms with Crippen LogP contribution in [0.5, 0.6) is 0 Å². The first-order valence-corrected chi connectivity index (χ1v) is 7.40. The van der Waals surface area contributed by atoms with Crippen LogP contribution in [0.15, 0.2) is 29.4 Å². The fourth-order valence-corrected chi connectivity index (χ4v) is 2.97. The quantitative estimate of drug-likeness (QED) is 0.336. The lowest BCUT2D eigenvalue weighted by Crippen LogP contribution is -2.55. The summed E-state index contributed by atoms with van der Waals surface area (Å²) in [6.07, 6.45) is 4.53. The Bertz CT molecular complexity index is 534. The summed E-state index contributed by atoms with van der Waals surface area (Å²) in [5, 5.41) is 15.0. The van der Waals surface area contributed by atoms with Gasteiger partial charge in [0.25, 0.3) is 0 Å². The maximum atomic E-state index is 12.2. The lowest BCUT2D eigenvalue weighted by atomic mass is 9.95. The SMILES string of the molecule is Cc1cccc(CCC(=O)NC2(C(N)=NO)CCCC2)c1. The van der Waals surface area contributed by atoms with Crippen molar-refractivity contribution in [1.82, 2.24) is 5.32 Å². The molecule has 1 amide bonds. The molecule has 1 aromatic carbocycles. The molecule has 0 radical (unpaired) electrons. The number of hydrogen-bond donors (Lipinski definition) is 3. The lowest BCUT2D eigenvalue weighted by Gasteiger charge is -2.28. The highest BCUT2D eigenvalue weighted by Gasteiger charge is 2.39. The van der Waals surface area contributed by atoms with Gasteiger partial charge in [-0.25, -0.2) is 0 Å². The molecule has 1 aliphatic rings. The number of benzene rings is 1. The third-order valence-corrected chi connectivity index (χ3v) is 4.16. The first-order chi connectivity index (χ1) is 10.1. The van der Waals surface area contributed by atoms with Crippen molar-refractivity contribution in [3.63, 3.8) is 0 Å². The molecule has 0 heterocycles. The van der Waals surface area contributed by atoms with E-state index in [0.29, 0.717) is 12.8 Å². The van der Waals surface area contributed by atoms with Crippen LogP contribution >= 0.6 is 0 Å². The third kappa shape index (κ3) is 3.74. The van der Waals surface area contributed by atoms with Crippen molar-refractivity contribution < 1.29 is 10.0 Å². The van der Waals surface area contributed by atoms with Crippen LogP contribution in [0.1, 0.15) is 43.2 Å². The number of hydrogen-bond acceptors (Lipinski definition) is 3. The predicted octanol–water partition coefficient (Wildman–Crippen LogP) is 2.10. The zero-order chi connectivity index (χ0) is 15.3. The van der Waals surface area contributed by atoms with Crippen LogP contribution in [0.25, 0.3) is 0 Å². The minimum absolute atomic E-state index is 0.0509. The highest BCUT2D eigenvalue weighted by atomic mass is 16.4. The smallest absolute Gasteiger partial charge is 0.221 e. The van der Waals surface area contributed by atoms with E-state index in [1.165, 1.54) is 5.56 Å². The van der Waals surface area contributed by atoms with E-state index in [4.69, 9.17) is 10.9 Å². The summed E-state index contributed by atoms with van der Waals surface area (Å²) in [6.45, 7) is 2.04.